The molecular formula is C14H20N4O2S. The molecule has 0 atom stereocenters. The predicted molar refractivity (Wildman–Crippen MR) is 82.2 cm³/mol. The largest absolute Gasteiger partial charge is 0.361 e. The van der Waals surface area contributed by atoms with Crippen LogP contribution in [0.25, 0.3) is 0 Å². The summed E-state index contributed by atoms with van der Waals surface area (Å²) in [6.45, 7) is 7.43. The Bertz CT molecular complexity index is 608. The molecule has 6 nitrogen and oxygen atoms in total. The van der Waals surface area contributed by atoms with E-state index in [2.05, 4.69) is 15.0 Å². The van der Waals surface area contributed by atoms with E-state index in [4.69, 9.17) is 4.52 Å². The molecule has 2 heterocycles. The highest BCUT2D eigenvalue weighted by Gasteiger charge is 2.14. The van der Waals surface area contributed by atoms with E-state index in [-0.39, 0.29) is 5.91 Å². The molecule has 0 N–H and O–H groups in total. The van der Waals surface area contributed by atoms with E-state index < -0.39 is 0 Å². The van der Waals surface area contributed by atoms with Gasteiger partial charge in [0, 0.05) is 38.0 Å². The van der Waals surface area contributed by atoms with Crippen LogP contribution in [0.5, 0.6) is 0 Å². The number of carbonyl (C=O) groups is 1. The summed E-state index contributed by atoms with van der Waals surface area (Å²) >= 11 is 1.50. The number of nitrogens with zero attached hydrogens (tertiary/aromatic N) is 4. The molecule has 114 valence electrons. The summed E-state index contributed by atoms with van der Waals surface area (Å²) in [6.07, 6.45) is 0. The highest BCUT2D eigenvalue weighted by atomic mass is 32.1. The standard InChI is InChI=1S/C14H20N4O2S/c1-5-18(11(3)19)14-15-13(9-21-14)8-17(4)7-12-6-10(2)20-16-12/h6,9H,5,7-8H2,1-4H3. The molecule has 2 aromatic heterocycles. The van der Waals surface area contributed by atoms with Gasteiger partial charge in [0.2, 0.25) is 5.91 Å². The molecule has 0 fully saturated rings. The first-order valence-electron chi connectivity index (χ1n) is 6.82. The molecule has 1 amide bonds. The Labute approximate surface area is 128 Å². The summed E-state index contributed by atoms with van der Waals surface area (Å²) in [5, 5.41) is 6.73. The Balaban J connectivity index is 1.97. The van der Waals surface area contributed by atoms with Crippen LogP contribution >= 0.6 is 11.3 Å². The van der Waals surface area contributed by atoms with Crippen molar-refractivity contribution < 1.29 is 9.32 Å². The van der Waals surface area contributed by atoms with Gasteiger partial charge in [-0.15, -0.1) is 11.3 Å². The number of aromatic nitrogens is 2. The third kappa shape index (κ3) is 4.12. The second kappa shape index (κ2) is 6.82. The Kier molecular flexibility index (Phi) is 5.08. The minimum absolute atomic E-state index is 0.0184. The van der Waals surface area contributed by atoms with E-state index in [9.17, 15) is 4.79 Å². The van der Waals surface area contributed by atoms with Crippen molar-refractivity contribution in [3.8, 4) is 0 Å². The zero-order valence-electron chi connectivity index (χ0n) is 12.8. The van der Waals surface area contributed by atoms with Crippen LogP contribution in [0.1, 0.15) is 31.0 Å². The second-order valence-electron chi connectivity index (χ2n) is 4.99. The van der Waals surface area contributed by atoms with Gasteiger partial charge in [-0.3, -0.25) is 14.6 Å². The van der Waals surface area contributed by atoms with Crippen LogP contribution in [0.15, 0.2) is 16.0 Å². The fourth-order valence-electron chi connectivity index (χ4n) is 2.09. The van der Waals surface area contributed by atoms with Gasteiger partial charge in [-0.25, -0.2) is 4.98 Å². The number of amides is 1. The van der Waals surface area contributed by atoms with Crippen LogP contribution in [-0.2, 0) is 17.9 Å². The lowest BCUT2D eigenvalue weighted by atomic mass is 10.3. The van der Waals surface area contributed by atoms with Crippen LogP contribution in [-0.4, -0.2) is 34.5 Å². The summed E-state index contributed by atoms with van der Waals surface area (Å²) in [7, 11) is 2.01. The topological polar surface area (TPSA) is 62.5 Å². The van der Waals surface area contributed by atoms with Crippen LogP contribution in [0, 0.1) is 6.92 Å². The lowest BCUT2D eigenvalue weighted by molar-refractivity contribution is -0.116. The first kappa shape index (κ1) is 15.7. The van der Waals surface area contributed by atoms with E-state index >= 15 is 0 Å². The quantitative estimate of drug-likeness (QED) is 0.820. The van der Waals surface area contributed by atoms with Gasteiger partial charge in [0.1, 0.15) is 5.76 Å². The van der Waals surface area contributed by atoms with Gasteiger partial charge in [-0.2, -0.15) is 0 Å². The van der Waals surface area contributed by atoms with Crippen molar-refractivity contribution in [3.05, 3.63) is 28.6 Å². The van der Waals surface area contributed by atoms with Gasteiger partial charge < -0.3 is 4.52 Å². The average molecular weight is 308 g/mol. The zero-order chi connectivity index (χ0) is 15.4. The lowest BCUT2D eigenvalue weighted by Gasteiger charge is -2.15. The molecule has 0 aromatic carbocycles. The van der Waals surface area contributed by atoms with Crippen molar-refractivity contribution >= 4 is 22.4 Å². The minimum Gasteiger partial charge on any atom is -0.361 e. The van der Waals surface area contributed by atoms with Crippen molar-refractivity contribution in [2.75, 3.05) is 18.5 Å². The third-order valence-electron chi connectivity index (χ3n) is 3.01. The van der Waals surface area contributed by atoms with Crippen molar-refractivity contribution in [3.63, 3.8) is 0 Å². The molecule has 0 saturated heterocycles. The van der Waals surface area contributed by atoms with Crippen molar-refractivity contribution in [1.29, 1.82) is 0 Å². The Morgan fingerprint density at radius 3 is 2.67 bits per heavy atom. The fourth-order valence-corrected chi connectivity index (χ4v) is 3.01. The van der Waals surface area contributed by atoms with E-state index in [0.29, 0.717) is 19.6 Å². The molecule has 0 bridgehead atoms. The molecule has 2 aromatic rings. The van der Waals surface area contributed by atoms with E-state index in [1.807, 2.05) is 32.3 Å². The van der Waals surface area contributed by atoms with Gasteiger partial charge >= 0.3 is 0 Å². The monoisotopic (exact) mass is 308 g/mol. The minimum atomic E-state index is 0.0184. The maximum atomic E-state index is 11.5. The smallest absolute Gasteiger partial charge is 0.225 e. The highest BCUT2D eigenvalue weighted by Crippen LogP contribution is 2.21. The summed E-state index contributed by atoms with van der Waals surface area (Å²) in [5.41, 5.74) is 1.86. The second-order valence-corrected chi connectivity index (χ2v) is 5.82. The van der Waals surface area contributed by atoms with E-state index in [1.165, 1.54) is 11.3 Å². The number of aryl methyl sites for hydroxylation is 1. The molecule has 0 saturated carbocycles. The highest BCUT2D eigenvalue weighted by molar-refractivity contribution is 7.14. The Morgan fingerprint density at radius 2 is 2.10 bits per heavy atom. The van der Waals surface area contributed by atoms with Crippen LogP contribution in [0.3, 0.4) is 0 Å². The number of carbonyl (C=O) groups excluding carboxylic acids is 1. The average Bonchev–Trinajstić information content (AvgIpc) is 3.00. The number of hydrogen-bond acceptors (Lipinski definition) is 6. The lowest BCUT2D eigenvalue weighted by Crippen LogP contribution is -2.27. The summed E-state index contributed by atoms with van der Waals surface area (Å²) < 4.78 is 5.06. The van der Waals surface area contributed by atoms with Crippen LogP contribution in [0.4, 0.5) is 5.13 Å². The molecule has 0 unspecified atom stereocenters. The zero-order valence-corrected chi connectivity index (χ0v) is 13.6. The molecule has 21 heavy (non-hydrogen) atoms. The predicted octanol–water partition coefficient (Wildman–Crippen LogP) is 2.44. The summed E-state index contributed by atoms with van der Waals surface area (Å²) in [5.74, 6) is 0.833. The van der Waals surface area contributed by atoms with Gasteiger partial charge in [0.15, 0.2) is 5.13 Å². The van der Waals surface area contributed by atoms with E-state index in [1.54, 1.807) is 11.8 Å². The van der Waals surface area contributed by atoms with Gasteiger partial charge in [0.25, 0.3) is 0 Å². The number of anilines is 1. The van der Waals surface area contributed by atoms with Gasteiger partial charge in [-0.05, 0) is 20.9 Å². The van der Waals surface area contributed by atoms with Gasteiger partial charge in [0.05, 0.1) is 11.4 Å². The molecule has 0 radical (unpaired) electrons. The summed E-state index contributed by atoms with van der Waals surface area (Å²) in [6, 6.07) is 1.93. The van der Waals surface area contributed by atoms with Crippen molar-refractivity contribution in [1.82, 2.24) is 15.0 Å². The SMILES string of the molecule is CCN(C(C)=O)c1nc(CN(C)Cc2cc(C)on2)cs1. The van der Waals surface area contributed by atoms with Crippen LogP contribution < -0.4 is 4.90 Å². The normalized spacial score (nSPS) is 11.1. The molecule has 0 aliphatic heterocycles. The molecule has 0 aliphatic rings. The number of hydrogen-bond donors (Lipinski definition) is 0. The van der Waals surface area contributed by atoms with Gasteiger partial charge in [-0.1, -0.05) is 5.16 Å². The maximum Gasteiger partial charge on any atom is 0.225 e. The molecule has 7 heteroatoms. The molecule has 2 rings (SSSR count). The summed E-state index contributed by atoms with van der Waals surface area (Å²) in [4.78, 5) is 19.8. The first-order chi connectivity index (χ1) is 9.99. The number of rotatable bonds is 6. The van der Waals surface area contributed by atoms with E-state index in [0.717, 1.165) is 22.3 Å². The maximum absolute atomic E-state index is 11.5. The molecule has 0 spiro atoms. The molecule has 0 aliphatic carbocycles. The van der Waals surface area contributed by atoms with Crippen LogP contribution in [0.2, 0.25) is 0 Å². The Morgan fingerprint density at radius 1 is 1.38 bits per heavy atom. The first-order valence-corrected chi connectivity index (χ1v) is 7.70. The van der Waals surface area contributed by atoms with Crippen molar-refractivity contribution in [2.24, 2.45) is 0 Å². The fraction of sp³-hybridized carbons (Fsp3) is 0.500. The van der Waals surface area contributed by atoms with Crippen molar-refractivity contribution in [2.45, 2.75) is 33.9 Å². The Hall–Kier alpha value is -1.73. The number of thiazole rings is 1. The third-order valence-corrected chi connectivity index (χ3v) is 3.92. The molecular weight excluding hydrogens is 288 g/mol.